The minimum atomic E-state index is -0.218. The second-order valence-electron chi connectivity index (χ2n) is 4.18. The molecule has 0 fully saturated rings. The van der Waals surface area contributed by atoms with Gasteiger partial charge >= 0.3 is 0 Å². The van der Waals surface area contributed by atoms with Crippen LogP contribution in [0.4, 0.5) is 11.4 Å². The fourth-order valence-corrected chi connectivity index (χ4v) is 1.90. The Kier molecular flexibility index (Phi) is 3.76. The van der Waals surface area contributed by atoms with Gasteiger partial charge in [0.15, 0.2) is 0 Å². The first-order valence-corrected chi connectivity index (χ1v) is 6.30. The summed E-state index contributed by atoms with van der Waals surface area (Å²) in [5.41, 5.74) is 8.06. The Morgan fingerprint density at radius 2 is 2.21 bits per heavy atom. The minimum Gasteiger partial charge on any atom is -0.397 e. The number of anilines is 2. The van der Waals surface area contributed by atoms with Crippen LogP contribution in [-0.4, -0.2) is 15.7 Å². The van der Waals surface area contributed by atoms with Gasteiger partial charge in [-0.2, -0.15) is 5.10 Å². The molecule has 0 atom stereocenters. The first kappa shape index (κ1) is 13.4. The average molecular weight is 279 g/mol. The third-order valence-electron chi connectivity index (χ3n) is 2.69. The fourth-order valence-electron chi connectivity index (χ4n) is 1.79. The lowest BCUT2D eigenvalue weighted by Crippen LogP contribution is -2.17. The number of carbonyl (C=O) groups excluding carboxylic acids is 1. The Labute approximate surface area is 116 Å². The number of nitrogens with zero attached hydrogens (tertiary/aromatic N) is 2. The zero-order valence-corrected chi connectivity index (χ0v) is 11.5. The van der Waals surface area contributed by atoms with Crippen LogP contribution in [0.15, 0.2) is 24.3 Å². The summed E-state index contributed by atoms with van der Waals surface area (Å²) in [6.07, 6.45) is 0. The topological polar surface area (TPSA) is 72.9 Å². The number of benzene rings is 1. The number of carbonyl (C=O) groups is 1. The van der Waals surface area contributed by atoms with Gasteiger partial charge in [0, 0.05) is 12.2 Å². The summed E-state index contributed by atoms with van der Waals surface area (Å²) >= 11 is 5.83. The van der Waals surface area contributed by atoms with E-state index >= 15 is 0 Å². The van der Waals surface area contributed by atoms with E-state index in [2.05, 4.69) is 10.4 Å². The van der Waals surface area contributed by atoms with E-state index in [0.717, 1.165) is 5.69 Å². The smallest absolute Gasteiger partial charge is 0.273 e. The monoisotopic (exact) mass is 278 g/mol. The maximum atomic E-state index is 12.2. The average Bonchev–Trinajstić information content (AvgIpc) is 2.75. The zero-order chi connectivity index (χ0) is 14.0. The van der Waals surface area contributed by atoms with Gasteiger partial charge in [-0.3, -0.25) is 9.48 Å². The highest BCUT2D eigenvalue weighted by molar-refractivity contribution is 6.33. The SMILES string of the molecule is CCn1nc(C)cc1C(=O)Nc1ccc(Cl)c(N)c1. The highest BCUT2D eigenvalue weighted by Gasteiger charge is 2.13. The van der Waals surface area contributed by atoms with Crippen LogP contribution in [0, 0.1) is 6.92 Å². The third-order valence-corrected chi connectivity index (χ3v) is 3.03. The second kappa shape index (κ2) is 5.32. The minimum absolute atomic E-state index is 0.218. The molecule has 0 saturated carbocycles. The predicted molar refractivity (Wildman–Crippen MR) is 76.5 cm³/mol. The second-order valence-corrected chi connectivity index (χ2v) is 4.58. The number of hydrogen-bond donors (Lipinski definition) is 2. The molecule has 1 heterocycles. The molecule has 19 heavy (non-hydrogen) atoms. The Bertz CT molecular complexity index is 621. The predicted octanol–water partition coefficient (Wildman–Crippen LogP) is 2.70. The van der Waals surface area contributed by atoms with Gasteiger partial charge in [-0.25, -0.2) is 0 Å². The van der Waals surface area contributed by atoms with Gasteiger partial charge in [0.1, 0.15) is 5.69 Å². The van der Waals surface area contributed by atoms with Gasteiger partial charge in [0.05, 0.1) is 16.4 Å². The van der Waals surface area contributed by atoms with E-state index in [1.807, 2.05) is 13.8 Å². The zero-order valence-electron chi connectivity index (χ0n) is 10.8. The lowest BCUT2D eigenvalue weighted by atomic mass is 10.2. The molecule has 0 aliphatic heterocycles. The first-order chi connectivity index (χ1) is 9.01. The molecule has 1 amide bonds. The highest BCUT2D eigenvalue weighted by Crippen LogP contribution is 2.22. The summed E-state index contributed by atoms with van der Waals surface area (Å²) in [5.74, 6) is -0.218. The summed E-state index contributed by atoms with van der Waals surface area (Å²) in [5, 5.41) is 7.47. The molecule has 0 radical (unpaired) electrons. The van der Waals surface area contributed by atoms with Crippen molar-refractivity contribution in [3.05, 3.63) is 40.7 Å². The number of hydrogen-bond acceptors (Lipinski definition) is 3. The van der Waals surface area contributed by atoms with Gasteiger partial charge in [-0.05, 0) is 38.1 Å². The van der Waals surface area contributed by atoms with Crippen molar-refractivity contribution in [2.45, 2.75) is 20.4 Å². The normalized spacial score (nSPS) is 10.5. The number of nitrogens with one attached hydrogen (secondary N) is 1. The summed E-state index contributed by atoms with van der Waals surface area (Å²) in [4.78, 5) is 12.2. The quantitative estimate of drug-likeness (QED) is 0.848. The van der Waals surface area contributed by atoms with Gasteiger partial charge < -0.3 is 11.1 Å². The van der Waals surface area contributed by atoms with Crippen LogP contribution in [0.5, 0.6) is 0 Å². The van der Waals surface area contributed by atoms with Crippen molar-refractivity contribution in [3.8, 4) is 0 Å². The molecule has 0 bridgehead atoms. The maximum Gasteiger partial charge on any atom is 0.273 e. The summed E-state index contributed by atoms with van der Waals surface area (Å²) in [6, 6.07) is 6.73. The largest absolute Gasteiger partial charge is 0.397 e. The molecule has 0 aliphatic carbocycles. The lowest BCUT2D eigenvalue weighted by Gasteiger charge is -2.07. The standard InChI is InChI=1S/C13H15ClN4O/c1-3-18-12(6-8(2)17-18)13(19)16-9-4-5-10(14)11(15)7-9/h4-7H,3,15H2,1-2H3,(H,16,19). The molecule has 0 saturated heterocycles. The van der Waals surface area contributed by atoms with Crippen LogP contribution in [0.1, 0.15) is 23.1 Å². The van der Waals surface area contributed by atoms with Gasteiger partial charge in [-0.1, -0.05) is 11.6 Å². The molecule has 2 aromatic rings. The maximum absolute atomic E-state index is 12.2. The van der Waals surface area contributed by atoms with E-state index in [9.17, 15) is 4.79 Å². The first-order valence-electron chi connectivity index (χ1n) is 5.92. The number of aryl methyl sites for hydroxylation is 2. The van der Waals surface area contributed by atoms with Crippen molar-refractivity contribution in [2.75, 3.05) is 11.1 Å². The van der Waals surface area contributed by atoms with Crippen LogP contribution in [0.25, 0.3) is 0 Å². The number of nitrogen functional groups attached to an aromatic ring is 1. The molecular formula is C13H15ClN4O. The Hall–Kier alpha value is -2.01. The molecule has 2 rings (SSSR count). The van der Waals surface area contributed by atoms with Crippen LogP contribution in [0.2, 0.25) is 5.02 Å². The van der Waals surface area contributed by atoms with Crippen LogP contribution < -0.4 is 11.1 Å². The van der Waals surface area contributed by atoms with Crippen molar-refractivity contribution in [1.29, 1.82) is 0 Å². The van der Waals surface area contributed by atoms with Crippen molar-refractivity contribution in [1.82, 2.24) is 9.78 Å². The van der Waals surface area contributed by atoms with Crippen LogP contribution >= 0.6 is 11.6 Å². The Morgan fingerprint density at radius 1 is 1.47 bits per heavy atom. The van der Waals surface area contributed by atoms with E-state index in [1.54, 1.807) is 28.9 Å². The molecule has 3 N–H and O–H groups in total. The van der Waals surface area contributed by atoms with Crippen LogP contribution in [0.3, 0.4) is 0 Å². The van der Waals surface area contributed by atoms with Gasteiger partial charge in [-0.15, -0.1) is 0 Å². The lowest BCUT2D eigenvalue weighted by molar-refractivity contribution is 0.101. The number of nitrogens with two attached hydrogens (primary N) is 1. The molecular weight excluding hydrogens is 264 g/mol. The Morgan fingerprint density at radius 3 is 2.84 bits per heavy atom. The van der Waals surface area contributed by atoms with Crippen molar-refractivity contribution >= 4 is 28.9 Å². The molecule has 5 nitrogen and oxygen atoms in total. The van der Waals surface area contributed by atoms with E-state index in [4.69, 9.17) is 17.3 Å². The summed E-state index contributed by atoms with van der Waals surface area (Å²) < 4.78 is 1.66. The number of aromatic nitrogens is 2. The summed E-state index contributed by atoms with van der Waals surface area (Å²) in [7, 11) is 0. The van der Waals surface area contributed by atoms with E-state index in [0.29, 0.717) is 28.6 Å². The van der Waals surface area contributed by atoms with Gasteiger partial charge in [0.2, 0.25) is 0 Å². The summed E-state index contributed by atoms with van der Waals surface area (Å²) in [6.45, 7) is 4.42. The fraction of sp³-hybridized carbons (Fsp3) is 0.231. The van der Waals surface area contributed by atoms with Crippen molar-refractivity contribution in [3.63, 3.8) is 0 Å². The van der Waals surface area contributed by atoms with E-state index in [1.165, 1.54) is 0 Å². The van der Waals surface area contributed by atoms with Crippen molar-refractivity contribution in [2.24, 2.45) is 0 Å². The molecule has 0 aliphatic rings. The number of rotatable bonds is 3. The number of halogens is 1. The van der Waals surface area contributed by atoms with E-state index in [-0.39, 0.29) is 5.91 Å². The van der Waals surface area contributed by atoms with Gasteiger partial charge in [0.25, 0.3) is 5.91 Å². The van der Waals surface area contributed by atoms with Crippen LogP contribution in [-0.2, 0) is 6.54 Å². The molecule has 1 aromatic carbocycles. The molecule has 1 aromatic heterocycles. The van der Waals surface area contributed by atoms with Crippen molar-refractivity contribution < 1.29 is 4.79 Å². The molecule has 0 spiro atoms. The molecule has 100 valence electrons. The van der Waals surface area contributed by atoms with E-state index < -0.39 is 0 Å². The highest BCUT2D eigenvalue weighted by atomic mass is 35.5. The third kappa shape index (κ3) is 2.88. The molecule has 6 heteroatoms. The number of amides is 1. The Balaban J connectivity index is 2.22. The molecule has 0 unspecified atom stereocenters.